The van der Waals surface area contributed by atoms with Gasteiger partial charge >= 0.3 is 0 Å². The molecule has 5 aromatic carbocycles. The minimum absolute atomic E-state index is 0.801. The van der Waals surface area contributed by atoms with Crippen LogP contribution in [-0.2, 0) is 0 Å². The lowest BCUT2D eigenvalue weighted by molar-refractivity contribution is 0.484. The van der Waals surface area contributed by atoms with Crippen LogP contribution in [0.15, 0.2) is 109 Å². The predicted octanol–water partition coefficient (Wildman–Crippen LogP) is 8.26. The summed E-state index contributed by atoms with van der Waals surface area (Å²) in [6, 6.07) is 34.6. The Labute approximate surface area is 195 Å². The van der Waals surface area contributed by atoms with Crippen LogP contribution in [0.4, 0.5) is 0 Å². The molecule has 1 aliphatic heterocycles. The van der Waals surface area contributed by atoms with E-state index in [1.165, 1.54) is 49.2 Å². The summed E-state index contributed by atoms with van der Waals surface area (Å²) in [6.07, 6.45) is 3.65. The number of fused-ring (bicyclic) bond motifs is 7. The Balaban J connectivity index is 1.64. The van der Waals surface area contributed by atoms with Gasteiger partial charge in [0.2, 0.25) is 0 Å². The minimum Gasteiger partial charge on any atom is -0.454 e. The molecule has 3 heteroatoms. The van der Waals surface area contributed by atoms with Crippen LogP contribution < -0.4 is 4.74 Å². The van der Waals surface area contributed by atoms with E-state index >= 15 is 0 Å². The second-order valence-corrected chi connectivity index (χ2v) is 8.82. The normalized spacial score (nSPS) is 12.4. The van der Waals surface area contributed by atoms with Gasteiger partial charge in [0.15, 0.2) is 5.75 Å². The van der Waals surface area contributed by atoms with E-state index in [9.17, 15) is 0 Å². The highest BCUT2D eigenvalue weighted by Crippen LogP contribution is 2.50. The topological polar surface area (TPSA) is 27.1 Å². The van der Waals surface area contributed by atoms with Gasteiger partial charge in [-0.2, -0.15) is 0 Å². The molecule has 3 nitrogen and oxygen atoms in total. The van der Waals surface area contributed by atoms with Crippen molar-refractivity contribution in [3.8, 4) is 28.3 Å². The van der Waals surface area contributed by atoms with Gasteiger partial charge in [-0.15, -0.1) is 0 Å². The molecule has 0 aliphatic carbocycles. The van der Waals surface area contributed by atoms with Gasteiger partial charge < -0.3 is 9.30 Å². The average molecular weight is 434 g/mol. The third-order valence-corrected chi connectivity index (χ3v) is 7.06. The SMILES string of the molecule is c1ccc2c(-n3c4ccccc4c4c5cccc6c5c(cc43)-c3ccncc3O6)cccc2c1. The minimum atomic E-state index is 0.801. The summed E-state index contributed by atoms with van der Waals surface area (Å²) in [4.78, 5) is 4.30. The van der Waals surface area contributed by atoms with E-state index in [1.54, 1.807) is 0 Å². The van der Waals surface area contributed by atoms with Crippen LogP contribution in [0.5, 0.6) is 11.5 Å². The van der Waals surface area contributed by atoms with Crippen molar-refractivity contribution in [1.82, 2.24) is 9.55 Å². The molecule has 3 heterocycles. The molecule has 0 unspecified atom stereocenters. The third kappa shape index (κ3) is 2.23. The Morgan fingerprint density at radius 3 is 2.35 bits per heavy atom. The van der Waals surface area contributed by atoms with Crippen LogP contribution in [0.1, 0.15) is 0 Å². The monoisotopic (exact) mass is 434 g/mol. The molecule has 8 rings (SSSR count). The first kappa shape index (κ1) is 17.9. The van der Waals surface area contributed by atoms with Crippen LogP contribution >= 0.6 is 0 Å². The summed E-state index contributed by atoms with van der Waals surface area (Å²) in [5.74, 6) is 1.69. The maximum atomic E-state index is 6.29. The number of benzene rings is 5. The van der Waals surface area contributed by atoms with Crippen molar-refractivity contribution in [1.29, 1.82) is 0 Å². The maximum Gasteiger partial charge on any atom is 0.153 e. The smallest absolute Gasteiger partial charge is 0.153 e. The maximum absolute atomic E-state index is 6.29. The van der Waals surface area contributed by atoms with E-state index in [4.69, 9.17) is 4.74 Å². The lowest BCUT2D eigenvalue weighted by Crippen LogP contribution is -1.99. The number of hydrogen-bond acceptors (Lipinski definition) is 2. The van der Waals surface area contributed by atoms with Gasteiger partial charge in [-0.1, -0.05) is 66.7 Å². The molecule has 0 spiro atoms. The molecule has 0 fully saturated rings. The zero-order chi connectivity index (χ0) is 22.2. The summed E-state index contributed by atoms with van der Waals surface area (Å²) in [7, 11) is 0. The summed E-state index contributed by atoms with van der Waals surface area (Å²) >= 11 is 0. The van der Waals surface area contributed by atoms with Gasteiger partial charge in [0.05, 0.1) is 22.9 Å². The molecule has 2 aromatic heterocycles. The molecular formula is C31H18N2O. The van der Waals surface area contributed by atoms with Crippen LogP contribution in [0.25, 0.3) is 60.2 Å². The largest absolute Gasteiger partial charge is 0.454 e. The molecule has 0 radical (unpaired) electrons. The quantitative estimate of drug-likeness (QED) is 0.260. The zero-order valence-electron chi connectivity index (χ0n) is 18.2. The zero-order valence-corrected chi connectivity index (χ0v) is 18.2. The van der Waals surface area contributed by atoms with E-state index in [0.29, 0.717) is 0 Å². The van der Waals surface area contributed by atoms with Crippen LogP contribution in [-0.4, -0.2) is 9.55 Å². The molecule has 0 atom stereocenters. The molecule has 34 heavy (non-hydrogen) atoms. The van der Waals surface area contributed by atoms with E-state index in [2.05, 4.69) is 107 Å². The van der Waals surface area contributed by atoms with E-state index in [1.807, 2.05) is 12.4 Å². The number of rotatable bonds is 1. The van der Waals surface area contributed by atoms with E-state index < -0.39 is 0 Å². The predicted molar refractivity (Wildman–Crippen MR) is 139 cm³/mol. The number of nitrogens with zero attached hydrogens (tertiary/aromatic N) is 2. The first-order valence-electron chi connectivity index (χ1n) is 11.5. The Kier molecular flexibility index (Phi) is 3.39. The fourth-order valence-electron chi connectivity index (χ4n) is 5.67. The van der Waals surface area contributed by atoms with Crippen molar-refractivity contribution in [3.63, 3.8) is 0 Å². The molecule has 0 amide bonds. The highest BCUT2D eigenvalue weighted by Gasteiger charge is 2.24. The Hall–Kier alpha value is -4.63. The van der Waals surface area contributed by atoms with Crippen LogP contribution in [0, 0.1) is 0 Å². The summed E-state index contributed by atoms with van der Waals surface area (Å²) in [6.45, 7) is 0. The van der Waals surface area contributed by atoms with Gasteiger partial charge in [0.1, 0.15) is 5.75 Å². The van der Waals surface area contributed by atoms with Crippen LogP contribution in [0.2, 0.25) is 0 Å². The molecule has 1 aliphatic rings. The molecule has 0 bridgehead atoms. The summed E-state index contributed by atoms with van der Waals surface area (Å²) in [5, 5.41) is 7.35. The summed E-state index contributed by atoms with van der Waals surface area (Å²) < 4.78 is 8.71. The standard InChI is InChI=1S/C31H18N2O/c1-2-9-20-19(7-1)8-5-13-25(20)33-26-12-4-3-10-22(26)30-23-11-6-14-28-31(23)24(17-27(30)33)21-15-16-32-18-29(21)34-28/h1-18H. The molecular weight excluding hydrogens is 416 g/mol. The lowest BCUT2D eigenvalue weighted by atomic mass is 9.92. The Morgan fingerprint density at radius 2 is 1.38 bits per heavy atom. The first-order valence-corrected chi connectivity index (χ1v) is 11.5. The number of pyridine rings is 1. The number of aromatic nitrogens is 2. The summed E-state index contributed by atoms with van der Waals surface area (Å²) in [5.41, 5.74) is 5.85. The molecule has 158 valence electrons. The van der Waals surface area contributed by atoms with Crippen LogP contribution in [0.3, 0.4) is 0 Å². The van der Waals surface area contributed by atoms with Crippen molar-refractivity contribution < 1.29 is 4.74 Å². The second-order valence-electron chi connectivity index (χ2n) is 8.82. The highest BCUT2D eigenvalue weighted by atomic mass is 16.5. The highest BCUT2D eigenvalue weighted by molar-refractivity contribution is 6.26. The first-order chi connectivity index (χ1) is 16.9. The molecule has 0 N–H and O–H groups in total. The lowest BCUT2D eigenvalue weighted by Gasteiger charge is -2.21. The number of para-hydroxylation sites is 1. The fourth-order valence-corrected chi connectivity index (χ4v) is 5.67. The molecule has 0 saturated heterocycles. The van der Waals surface area contributed by atoms with Crippen molar-refractivity contribution in [3.05, 3.63) is 109 Å². The molecule has 0 saturated carbocycles. The average Bonchev–Trinajstić information content (AvgIpc) is 3.23. The van der Waals surface area contributed by atoms with Crippen molar-refractivity contribution in [2.24, 2.45) is 0 Å². The van der Waals surface area contributed by atoms with Crippen molar-refractivity contribution >= 4 is 43.4 Å². The number of hydrogen-bond donors (Lipinski definition) is 0. The van der Waals surface area contributed by atoms with Gasteiger partial charge in [-0.3, -0.25) is 4.98 Å². The second kappa shape index (κ2) is 6.46. The Bertz CT molecular complexity index is 1940. The third-order valence-electron chi connectivity index (χ3n) is 7.06. The van der Waals surface area contributed by atoms with Gasteiger partial charge in [0.25, 0.3) is 0 Å². The molecule has 7 aromatic rings. The van der Waals surface area contributed by atoms with Crippen molar-refractivity contribution in [2.45, 2.75) is 0 Å². The van der Waals surface area contributed by atoms with Gasteiger partial charge in [0, 0.05) is 33.3 Å². The number of ether oxygens (including phenoxy) is 1. The van der Waals surface area contributed by atoms with E-state index in [-0.39, 0.29) is 0 Å². The van der Waals surface area contributed by atoms with Gasteiger partial charge in [-0.25, -0.2) is 0 Å². The van der Waals surface area contributed by atoms with Crippen molar-refractivity contribution in [2.75, 3.05) is 0 Å². The van der Waals surface area contributed by atoms with E-state index in [0.717, 1.165) is 22.4 Å². The van der Waals surface area contributed by atoms with Gasteiger partial charge in [-0.05, 0) is 46.7 Å². The fraction of sp³-hybridized carbons (Fsp3) is 0. The Morgan fingerprint density at radius 1 is 0.588 bits per heavy atom.